The second-order valence-electron chi connectivity index (χ2n) is 10.1. The van der Waals surface area contributed by atoms with Gasteiger partial charge in [0.1, 0.15) is 17.0 Å². The summed E-state index contributed by atoms with van der Waals surface area (Å²) < 4.78 is 27.3. The van der Waals surface area contributed by atoms with E-state index in [0.717, 1.165) is 6.42 Å². The number of aromatic nitrogens is 4. The second-order valence-corrected chi connectivity index (χ2v) is 10.8. The number of alkyl halides is 2. The Labute approximate surface area is 289 Å². The van der Waals surface area contributed by atoms with Gasteiger partial charge in [-0.25, -0.2) is 14.6 Å². The molecule has 16 heteroatoms. The number of esters is 2. The van der Waals surface area contributed by atoms with Gasteiger partial charge in [0.15, 0.2) is 0 Å². The number of benzene rings is 2. The monoisotopic (exact) mass is 705 g/mol. The summed E-state index contributed by atoms with van der Waals surface area (Å²) in [5.74, 6) is 1.66. The molecule has 48 heavy (non-hydrogen) atoms. The highest BCUT2D eigenvalue weighted by Crippen LogP contribution is 2.35. The standard InChI is InChI=1S/C20H24ClN5O4.C12H17ClN2O3/c1-11-15(12(2)23-20(22-11)30-5)24-19-25-16-14(28-3)8-7-13(18(27)29-4)17(16)26(19)10-6-9-21;1-17-9-5-4-8(12(16)18-2)11(10(9)14)15-7-3-6-13/h7-8H,6,9-10H2,1-5H3,(H,24,25);4-5,15H,3,6-7,14H2,1-2H3. The minimum absolute atomic E-state index is 0.292. The maximum atomic E-state index is 12.4. The van der Waals surface area contributed by atoms with E-state index >= 15 is 0 Å². The average molecular weight is 707 g/mol. The largest absolute Gasteiger partial charge is 0.495 e. The molecule has 4 N–H and O–H groups in total. The van der Waals surface area contributed by atoms with Gasteiger partial charge in [-0.1, -0.05) is 0 Å². The number of carbonyl (C=O) groups is 2. The first-order valence-electron chi connectivity index (χ1n) is 14.8. The van der Waals surface area contributed by atoms with Gasteiger partial charge in [0.25, 0.3) is 0 Å². The first-order chi connectivity index (χ1) is 23.1. The Bertz CT molecular complexity index is 1710. The van der Waals surface area contributed by atoms with E-state index in [0.29, 0.717) is 105 Å². The third-order valence-electron chi connectivity index (χ3n) is 7.11. The molecule has 0 aliphatic rings. The number of hydrogen-bond donors (Lipinski definition) is 3. The number of fused-ring (bicyclic) bond motifs is 1. The van der Waals surface area contributed by atoms with Crippen molar-refractivity contribution in [3.63, 3.8) is 0 Å². The third-order valence-corrected chi connectivity index (χ3v) is 7.65. The van der Waals surface area contributed by atoms with Gasteiger partial charge in [-0.05, 0) is 51.0 Å². The van der Waals surface area contributed by atoms with E-state index in [1.54, 1.807) is 31.4 Å². The van der Waals surface area contributed by atoms with Crippen molar-refractivity contribution >= 4 is 69.2 Å². The molecule has 2 aromatic heterocycles. The number of ether oxygens (including phenoxy) is 5. The Kier molecular flexibility index (Phi) is 14.2. The minimum Gasteiger partial charge on any atom is -0.495 e. The summed E-state index contributed by atoms with van der Waals surface area (Å²) in [4.78, 5) is 37.4. The lowest BCUT2D eigenvalue weighted by Gasteiger charge is -2.15. The topological polar surface area (TPSA) is 174 Å². The van der Waals surface area contributed by atoms with Crippen LogP contribution in [0.4, 0.5) is 23.0 Å². The van der Waals surface area contributed by atoms with Crippen LogP contribution in [0.25, 0.3) is 11.0 Å². The molecule has 0 saturated carbocycles. The van der Waals surface area contributed by atoms with E-state index in [-0.39, 0.29) is 0 Å². The summed E-state index contributed by atoms with van der Waals surface area (Å²) >= 11 is 11.6. The second kappa shape index (κ2) is 18.0. The first kappa shape index (κ1) is 37.8. The van der Waals surface area contributed by atoms with E-state index < -0.39 is 11.9 Å². The smallest absolute Gasteiger partial charge is 0.340 e. The predicted molar refractivity (Wildman–Crippen MR) is 187 cm³/mol. The fourth-order valence-electron chi connectivity index (χ4n) is 4.78. The molecule has 0 radical (unpaired) electrons. The molecule has 0 atom stereocenters. The molecule has 0 unspecified atom stereocenters. The molecule has 2 heterocycles. The Morgan fingerprint density at radius 1 is 0.792 bits per heavy atom. The Hall–Kier alpha value is -4.69. The van der Waals surface area contributed by atoms with E-state index in [2.05, 4.69) is 20.6 Å². The lowest BCUT2D eigenvalue weighted by atomic mass is 10.1. The minimum atomic E-state index is -0.457. The summed E-state index contributed by atoms with van der Waals surface area (Å²) in [7, 11) is 7.27. The zero-order chi connectivity index (χ0) is 35.4. The number of nitrogens with two attached hydrogens (primary N) is 1. The summed E-state index contributed by atoms with van der Waals surface area (Å²) in [6.45, 7) is 4.86. The molecule has 0 bridgehead atoms. The van der Waals surface area contributed by atoms with Crippen LogP contribution < -0.4 is 30.6 Å². The molecule has 4 aromatic rings. The van der Waals surface area contributed by atoms with Crippen molar-refractivity contribution in [2.45, 2.75) is 33.2 Å². The molecular formula is C32H41Cl2N7O7. The number of nitrogen functional groups attached to an aromatic ring is 1. The predicted octanol–water partition coefficient (Wildman–Crippen LogP) is 5.72. The SMILES string of the molecule is COC(=O)c1ccc(OC)c(N)c1NCCCCl.COC(=O)c1ccc(OC)c2nc(Nc3c(C)nc(OC)nc3C)n(CCCCl)c12. The Morgan fingerprint density at radius 3 is 1.94 bits per heavy atom. The summed E-state index contributed by atoms with van der Waals surface area (Å²) in [5, 5.41) is 6.40. The molecule has 260 valence electrons. The fourth-order valence-corrected chi connectivity index (χ4v) is 5.04. The fraction of sp³-hybridized carbons (Fsp3) is 0.406. The van der Waals surface area contributed by atoms with Crippen LogP contribution in [0.5, 0.6) is 17.5 Å². The molecule has 0 spiro atoms. The van der Waals surface area contributed by atoms with Gasteiger partial charge < -0.3 is 44.6 Å². The van der Waals surface area contributed by atoms with Crippen LogP contribution in [0.3, 0.4) is 0 Å². The van der Waals surface area contributed by atoms with Gasteiger partial charge in [-0.2, -0.15) is 9.97 Å². The van der Waals surface area contributed by atoms with Crippen molar-refractivity contribution in [2.75, 3.05) is 70.2 Å². The maximum absolute atomic E-state index is 12.4. The molecule has 2 aromatic carbocycles. The average Bonchev–Trinajstić information content (AvgIpc) is 3.46. The van der Waals surface area contributed by atoms with Gasteiger partial charge in [-0.15, -0.1) is 23.2 Å². The van der Waals surface area contributed by atoms with Crippen LogP contribution in [0.1, 0.15) is 44.9 Å². The summed E-state index contributed by atoms with van der Waals surface area (Å²) in [6.07, 6.45) is 1.44. The number of anilines is 4. The van der Waals surface area contributed by atoms with Gasteiger partial charge >= 0.3 is 17.9 Å². The van der Waals surface area contributed by atoms with Crippen LogP contribution >= 0.6 is 23.2 Å². The number of hydrogen-bond acceptors (Lipinski definition) is 13. The van der Waals surface area contributed by atoms with Crippen molar-refractivity contribution < 1.29 is 33.3 Å². The highest BCUT2D eigenvalue weighted by atomic mass is 35.5. The molecule has 0 aliphatic carbocycles. The van der Waals surface area contributed by atoms with Crippen LogP contribution in [0.15, 0.2) is 24.3 Å². The summed E-state index contributed by atoms with van der Waals surface area (Å²) in [6, 6.07) is 6.91. The van der Waals surface area contributed by atoms with Crippen molar-refractivity contribution in [1.29, 1.82) is 0 Å². The van der Waals surface area contributed by atoms with Gasteiger partial charge in [0.2, 0.25) is 5.95 Å². The van der Waals surface area contributed by atoms with Crippen molar-refractivity contribution in [3.05, 3.63) is 46.8 Å². The number of rotatable bonds is 14. The molecule has 4 rings (SSSR count). The highest BCUT2D eigenvalue weighted by molar-refractivity contribution is 6.18. The van der Waals surface area contributed by atoms with Gasteiger partial charge in [0.05, 0.1) is 80.6 Å². The van der Waals surface area contributed by atoms with Crippen LogP contribution in [0.2, 0.25) is 0 Å². The Balaban J connectivity index is 0.000000297. The zero-order valence-electron chi connectivity index (χ0n) is 28.0. The number of nitrogens with one attached hydrogen (secondary N) is 2. The van der Waals surface area contributed by atoms with Crippen molar-refractivity contribution in [1.82, 2.24) is 19.5 Å². The maximum Gasteiger partial charge on any atom is 0.340 e. The summed E-state index contributed by atoms with van der Waals surface area (Å²) in [5.41, 5.74) is 10.9. The van der Waals surface area contributed by atoms with E-state index in [9.17, 15) is 9.59 Å². The molecule has 0 amide bonds. The quantitative estimate of drug-likeness (QED) is 0.0629. The van der Waals surface area contributed by atoms with Gasteiger partial charge in [-0.3, -0.25) is 0 Å². The van der Waals surface area contributed by atoms with E-state index in [1.807, 2.05) is 18.4 Å². The number of aryl methyl sites for hydroxylation is 3. The van der Waals surface area contributed by atoms with Gasteiger partial charge in [0, 0.05) is 24.8 Å². The zero-order valence-corrected chi connectivity index (χ0v) is 29.5. The molecular weight excluding hydrogens is 665 g/mol. The van der Waals surface area contributed by atoms with E-state index in [1.165, 1.54) is 28.4 Å². The lowest BCUT2D eigenvalue weighted by molar-refractivity contribution is 0.0593. The first-order valence-corrected chi connectivity index (χ1v) is 15.9. The number of nitrogens with zero attached hydrogens (tertiary/aromatic N) is 4. The third kappa shape index (κ3) is 8.61. The molecule has 14 nitrogen and oxygen atoms in total. The normalized spacial score (nSPS) is 10.5. The highest BCUT2D eigenvalue weighted by Gasteiger charge is 2.23. The number of halogens is 2. The number of imidazole rings is 1. The lowest BCUT2D eigenvalue weighted by Crippen LogP contribution is -2.12. The van der Waals surface area contributed by atoms with Crippen molar-refractivity contribution in [3.8, 4) is 17.5 Å². The van der Waals surface area contributed by atoms with Crippen LogP contribution in [0, 0.1) is 13.8 Å². The Morgan fingerprint density at radius 2 is 1.38 bits per heavy atom. The number of methoxy groups -OCH3 is 5. The molecule has 0 fully saturated rings. The van der Waals surface area contributed by atoms with Crippen LogP contribution in [-0.4, -0.2) is 85.3 Å². The van der Waals surface area contributed by atoms with Crippen LogP contribution in [-0.2, 0) is 16.0 Å². The van der Waals surface area contributed by atoms with E-state index in [4.69, 9.17) is 57.6 Å². The van der Waals surface area contributed by atoms with Crippen molar-refractivity contribution in [2.24, 2.45) is 0 Å². The molecule has 0 saturated heterocycles. The number of carbonyl (C=O) groups excluding carboxylic acids is 2. The molecule has 0 aliphatic heterocycles.